The summed E-state index contributed by atoms with van der Waals surface area (Å²) in [6.07, 6.45) is 1.67. The SMILES string of the molecule is Cc1nn(Cn2ccc(C(N)=O)n2)c(C)c1N. The molecule has 0 spiro atoms. The molecule has 0 unspecified atom stereocenters. The number of nitrogens with two attached hydrogens (primary N) is 2. The van der Waals surface area contributed by atoms with Crippen LogP contribution in [0, 0.1) is 13.8 Å². The molecule has 0 atom stereocenters. The van der Waals surface area contributed by atoms with Crippen molar-refractivity contribution in [2.75, 3.05) is 5.73 Å². The van der Waals surface area contributed by atoms with Crippen molar-refractivity contribution in [1.82, 2.24) is 19.6 Å². The van der Waals surface area contributed by atoms with E-state index in [1.165, 1.54) is 0 Å². The molecule has 0 radical (unpaired) electrons. The van der Waals surface area contributed by atoms with Crippen LogP contribution in [0.3, 0.4) is 0 Å². The molecule has 7 heteroatoms. The molecule has 7 nitrogen and oxygen atoms in total. The van der Waals surface area contributed by atoms with Crippen LogP contribution in [0.2, 0.25) is 0 Å². The van der Waals surface area contributed by atoms with Gasteiger partial charge in [0.1, 0.15) is 12.4 Å². The number of hydrogen-bond donors (Lipinski definition) is 2. The van der Waals surface area contributed by atoms with Crippen molar-refractivity contribution in [3.63, 3.8) is 0 Å². The molecular formula is C10H14N6O. The summed E-state index contributed by atoms with van der Waals surface area (Å²) in [6, 6.07) is 1.57. The molecule has 0 bridgehead atoms. The summed E-state index contributed by atoms with van der Waals surface area (Å²) in [6.45, 7) is 4.13. The Bertz CT molecular complexity index is 567. The van der Waals surface area contributed by atoms with Crippen LogP contribution in [0.25, 0.3) is 0 Å². The topological polar surface area (TPSA) is 105 Å². The average Bonchev–Trinajstić information content (AvgIpc) is 2.82. The molecule has 0 saturated heterocycles. The van der Waals surface area contributed by atoms with Crippen molar-refractivity contribution in [1.29, 1.82) is 0 Å². The molecule has 0 saturated carbocycles. The second-order valence-corrected chi connectivity index (χ2v) is 3.83. The van der Waals surface area contributed by atoms with Gasteiger partial charge in [0, 0.05) is 6.20 Å². The van der Waals surface area contributed by atoms with Crippen molar-refractivity contribution in [2.24, 2.45) is 5.73 Å². The van der Waals surface area contributed by atoms with Gasteiger partial charge in [-0.2, -0.15) is 10.2 Å². The maximum Gasteiger partial charge on any atom is 0.269 e. The number of nitrogens with zero attached hydrogens (tertiary/aromatic N) is 4. The van der Waals surface area contributed by atoms with E-state index in [0.717, 1.165) is 11.4 Å². The van der Waals surface area contributed by atoms with Gasteiger partial charge < -0.3 is 11.5 Å². The minimum absolute atomic E-state index is 0.236. The van der Waals surface area contributed by atoms with Crippen LogP contribution in [-0.4, -0.2) is 25.5 Å². The van der Waals surface area contributed by atoms with Crippen LogP contribution >= 0.6 is 0 Å². The molecule has 0 aliphatic carbocycles. The molecule has 2 aromatic rings. The Labute approximate surface area is 98.0 Å². The van der Waals surface area contributed by atoms with E-state index in [-0.39, 0.29) is 5.69 Å². The lowest BCUT2D eigenvalue weighted by Crippen LogP contribution is -2.15. The molecule has 0 aliphatic rings. The normalized spacial score (nSPS) is 10.7. The van der Waals surface area contributed by atoms with Gasteiger partial charge in [0.15, 0.2) is 0 Å². The molecule has 0 aliphatic heterocycles. The zero-order valence-electron chi connectivity index (χ0n) is 9.71. The van der Waals surface area contributed by atoms with Crippen LogP contribution in [0.1, 0.15) is 21.9 Å². The zero-order valence-corrected chi connectivity index (χ0v) is 9.71. The zero-order chi connectivity index (χ0) is 12.6. The molecule has 0 fully saturated rings. The third kappa shape index (κ3) is 1.99. The highest BCUT2D eigenvalue weighted by Gasteiger charge is 2.09. The van der Waals surface area contributed by atoms with Crippen LogP contribution < -0.4 is 11.5 Å². The maximum absolute atomic E-state index is 10.9. The summed E-state index contributed by atoms with van der Waals surface area (Å²) in [5.41, 5.74) is 13.5. The summed E-state index contributed by atoms with van der Waals surface area (Å²) in [5, 5.41) is 8.30. The number of hydrogen-bond acceptors (Lipinski definition) is 4. The van der Waals surface area contributed by atoms with E-state index in [0.29, 0.717) is 12.4 Å². The number of aryl methyl sites for hydroxylation is 1. The van der Waals surface area contributed by atoms with Crippen molar-refractivity contribution in [3.05, 3.63) is 29.3 Å². The van der Waals surface area contributed by atoms with Gasteiger partial charge in [-0.15, -0.1) is 0 Å². The first-order chi connectivity index (χ1) is 7.99. The standard InChI is InChI=1S/C10H14N6O/c1-6-9(11)7(2)16(13-6)5-15-4-3-8(14-15)10(12)17/h3-4H,5,11H2,1-2H3,(H2,12,17). The Morgan fingerprint density at radius 1 is 1.41 bits per heavy atom. The lowest BCUT2D eigenvalue weighted by atomic mass is 10.3. The smallest absolute Gasteiger partial charge is 0.269 e. The molecule has 0 aromatic carbocycles. The van der Waals surface area contributed by atoms with Crippen LogP contribution in [0.15, 0.2) is 12.3 Å². The number of nitrogen functional groups attached to an aromatic ring is 1. The van der Waals surface area contributed by atoms with Gasteiger partial charge in [0.05, 0.1) is 17.1 Å². The molecule has 90 valence electrons. The Morgan fingerprint density at radius 3 is 2.59 bits per heavy atom. The number of carbonyl (C=O) groups excluding carboxylic acids is 1. The third-order valence-corrected chi connectivity index (χ3v) is 2.61. The quantitative estimate of drug-likeness (QED) is 0.772. The van der Waals surface area contributed by atoms with E-state index in [9.17, 15) is 4.79 Å². The van der Waals surface area contributed by atoms with Gasteiger partial charge in [0.25, 0.3) is 5.91 Å². The highest BCUT2D eigenvalue weighted by molar-refractivity contribution is 5.90. The predicted molar refractivity (Wildman–Crippen MR) is 62.3 cm³/mol. The molecule has 17 heavy (non-hydrogen) atoms. The number of amides is 1. The number of rotatable bonds is 3. The number of anilines is 1. The fourth-order valence-electron chi connectivity index (χ4n) is 1.56. The Hall–Kier alpha value is -2.31. The summed E-state index contributed by atoms with van der Waals surface area (Å²) in [7, 11) is 0. The Balaban J connectivity index is 2.25. The lowest BCUT2D eigenvalue weighted by Gasteiger charge is -2.04. The molecule has 2 aromatic heterocycles. The van der Waals surface area contributed by atoms with E-state index in [4.69, 9.17) is 11.5 Å². The van der Waals surface area contributed by atoms with Crippen molar-refractivity contribution in [3.8, 4) is 0 Å². The second kappa shape index (κ2) is 3.93. The Morgan fingerprint density at radius 2 is 2.12 bits per heavy atom. The van der Waals surface area contributed by atoms with Crippen LogP contribution in [0.5, 0.6) is 0 Å². The van der Waals surface area contributed by atoms with Crippen molar-refractivity contribution in [2.45, 2.75) is 20.5 Å². The van der Waals surface area contributed by atoms with Crippen molar-refractivity contribution < 1.29 is 4.79 Å². The van der Waals surface area contributed by atoms with Gasteiger partial charge >= 0.3 is 0 Å². The first-order valence-electron chi connectivity index (χ1n) is 5.11. The van der Waals surface area contributed by atoms with Crippen LogP contribution in [0.4, 0.5) is 5.69 Å². The van der Waals surface area contributed by atoms with E-state index < -0.39 is 5.91 Å². The summed E-state index contributed by atoms with van der Waals surface area (Å²) < 4.78 is 3.31. The molecule has 2 rings (SSSR count). The highest BCUT2D eigenvalue weighted by atomic mass is 16.1. The Kier molecular flexibility index (Phi) is 2.58. The minimum atomic E-state index is -0.545. The van der Waals surface area contributed by atoms with E-state index in [1.54, 1.807) is 21.6 Å². The van der Waals surface area contributed by atoms with Crippen molar-refractivity contribution >= 4 is 11.6 Å². The molecule has 2 heterocycles. The third-order valence-electron chi connectivity index (χ3n) is 2.61. The average molecular weight is 234 g/mol. The van der Waals surface area contributed by atoms with Crippen LogP contribution in [-0.2, 0) is 6.67 Å². The lowest BCUT2D eigenvalue weighted by molar-refractivity contribution is 0.0994. The summed E-state index contributed by atoms with van der Waals surface area (Å²) >= 11 is 0. The fraction of sp³-hybridized carbons (Fsp3) is 0.300. The summed E-state index contributed by atoms with van der Waals surface area (Å²) in [4.78, 5) is 10.9. The number of primary amides is 1. The van der Waals surface area contributed by atoms with Gasteiger partial charge in [-0.05, 0) is 19.9 Å². The van der Waals surface area contributed by atoms with Gasteiger partial charge in [-0.25, -0.2) is 4.68 Å². The first kappa shape index (κ1) is 11.2. The second-order valence-electron chi connectivity index (χ2n) is 3.83. The first-order valence-corrected chi connectivity index (χ1v) is 5.11. The molecule has 4 N–H and O–H groups in total. The molecular weight excluding hydrogens is 220 g/mol. The van der Waals surface area contributed by atoms with E-state index >= 15 is 0 Å². The highest BCUT2D eigenvalue weighted by Crippen LogP contribution is 2.14. The number of aromatic nitrogens is 4. The monoisotopic (exact) mass is 234 g/mol. The van der Waals surface area contributed by atoms with Gasteiger partial charge in [-0.1, -0.05) is 0 Å². The van der Waals surface area contributed by atoms with E-state index in [1.807, 2.05) is 13.8 Å². The fourth-order valence-corrected chi connectivity index (χ4v) is 1.56. The van der Waals surface area contributed by atoms with E-state index in [2.05, 4.69) is 10.2 Å². The van der Waals surface area contributed by atoms with Gasteiger partial charge in [0.2, 0.25) is 0 Å². The van der Waals surface area contributed by atoms with Gasteiger partial charge in [-0.3, -0.25) is 9.48 Å². The maximum atomic E-state index is 10.9. The number of carbonyl (C=O) groups is 1. The minimum Gasteiger partial charge on any atom is -0.396 e. The predicted octanol–water partition coefficient (Wildman–Crippen LogP) is -0.117. The summed E-state index contributed by atoms with van der Waals surface area (Å²) in [5.74, 6) is -0.545. The molecule has 1 amide bonds. The largest absolute Gasteiger partial charge is 0.396 e.